The van der Waals surface area contributed by atoms with Gasteiger partial charge in [0.25, 0.3) is 17.5 Å². The number of thiazole rings is 1. The molecule has 2 aliphatic rings. The summed E-state index contributed by atoms with van der Waals surface area (Å²) in [6, 6.07) is 4.62. The van der Waals surface area contributed by atoms with Gasteiger partial charge in [0.05, 0.1) is 6.20 Å². The summed E-state index contributed by atoms with van der Waals surface area (Å²) in [6.45, 7) is 1.85. The summed E-state index contributed by atoms with van der Waals surface area (Å²) in [7, 11) is 0. The van der Waals surface area contributed by atoms with E-state index in [1.165, 1.54) is 22.0 Å². The van der Waals surface area contributed by atoms with Crippen LogP contribution in [0.3, 0.4) is 0 Å². The molecule has 0 aliphatic carbocycles. The van der Waals surface area contributed by atoms with Gasteiger partial charge in [-0.2, -0.15) is 0 Å². The summed E-state index contributed by atoms with van der Waals surface area (Å²) >= 11 is 2.37. The lowest BCUT2D eigenvalue weighted by atomic mass is 10.0. The number of hydrogen-bond donors (Lipinski definition) is 4. The Morgan fingerprint density at radius 2 is 2.12 bits per heavy atom. The highest BCUT2D eigenvalue weighted by Crippen LogP contribution is 2.40. The Bertz CT molecular complexity index is 1580. The van der Waals surface area contributed by atoms with Crippen LogP contribution >= 0.6 is 23.1 Å². The Morgan fingerprint density at radius 1 is 1.32 bits per heavy atom. The Kier molecular flexibility index (Phi) is 7.44. The Morgan fingerprint density at radius 3 is 2.80 bits per heavy atom. The zero-order chi connectivity index (χ0) is 28.6. The lowest BCUT2D eigenvalue weighted by Crippen LogP contribution is -2.71. The number of oxime groups is 1. The fourth-order valence-electron chi connectivity index (χ4n) is 4.41. The van der Waals surface area contributed by atoms with E-state index in [9.17, 15) is 29.4 Å². The van der Waals surface area contributed by atoms with E-state index in [0.717, 1.165) is 17.0 Å². The van der Waals surface area contributed by atoms with Crippen LogP contribution in [0.15, 0.2) is 58.6 Å². The summed E-state index contributed by atoms with van der Waals surface area (Å²) in [5.74, 6) is -3.62. The van der Waals surface area contributed by atoms with Crippen molar-refractivity contribution in [3.8, 4) is 0 Å². The van der Waals surface area contributed by atoms with Gasteiger partial charge < -0.3 is 26.1 Å². The SMILES string of the molecule is CCC(O/N=C(/C(=O)N[C@@H]1C(=O)N2C(C(=O)O)=C(C[n+]3ccn4ccccc43)CS[C@H]12)c1csc(N)n1)C(=O)O. The first-order valence-electron chi connectivity index (χ1n) is 12.0. The molecule has 0 saturated carbocycles. The minimum atomic E-state index is -1.30. The zero-order valence-electron chi connectivity index (χ0n) is 21.0. The largest absolute Gasteiger partial charge is 0.478 e. The van der Waals surface area contributed by atoms with Gasteiger partial charge in [0.15, 0.2) is 10.8 Å². The highest BCUT2D eigenvalue weighted by Gasteiger charge is 2.54. The average Bonchev–Trinajstić information content (AvgIpc) is 3.55. The van der Waals surface area contributed by atoms with Crippen LogP contribution < -0.4 is 15.6 Å². The molecule has 5 heterocycles. The van der Waals surface area contributed by atoms with Gasteiger partial charge in [-0.05, 0) is 12.5 Å². The van der Waals surface area contributed by atoms with E-state index in [2.05, 4.69) is 15.5 Å². The van der Waals surface area contributed by atoms with Crippen LogP contribution in [-0.4, -0.2) is 77.2 Å². The van der Waals surface area contributed by atoms with Crippen LogP contribution in [0.4, 0.5) is 5.13 Å². The number of thioether (sulfide) groups is 1. The molecular formula is C24H24N7O7S2+. The number of nitrogens with one attached hydrogen (secondary N) is 1. The molecule has 1 fully saturated rings. The van der Waals surface area contributed by atoms with Crippen molar-refractivity contribution in [3.63, 3.8) is 0 Å². The number of aliphatic carboxylic acids is 2. The lowest BCUT2D eigenvalue weighted by Gasteiger charge is -2.49. The average molecular weight is 587 g/mol. The molecule has 1 saturated heterocycles. The summed E-state index contributed by atoms with van der Waals surface area (Å²) in [6.07, 6.45) is 4.36. The first-order valence-corrected chi connectivity index (χ1v) is 14.0. The second kappa shape index (κ2) is 11.0. The molecule has 2 aliphatic heterocycles. The number of nitrogens with zero attached hydrogens (tertiary/aromatic N) is 5. The standard InChI is InChI=1S/C24H23N7O7S2/c1-2-14(22(34)35)38-28-16(13-11-40-24(25)26-13)19(32)27-17-20(33)31-18(23(36)37)12(10-39-21(17)31)9-30-8-7-29-6-4-3-5-15(29)30/h3-8,11,14,17,21H,2,9-10H2,1H3,(H4-,25,26,27,32,34,35,36,37)/p+1/b28-16+/t14?,17-,21-/m1/s1. The first-order chi connectivity index (χ1) is 19.2. The van der Waals surface area contributed by atoms with E-state index in [-0.39, 0.29) is 35.2 Å². The minimum absolute atomic E-state index is 0.0467. The minimum Gasteiger partial charge on any atom is -0.478 e. The number of imidazole rings is 1. The fourth-order valence-corrected chi connectivity index (χ4v) is 6.29. The molecule has 3 atom stereocenters. The molecule has 40 heavy (non-hydrogen) atoms. The number of nitrogens with two attached hydrogens (primary N) is 1. The highest BCUT2D eigenvalue weighted by atomic mass is 32.2. The molecule has 3 aromatic rings. The summed E-state index contributed by atoms with van der Waals surface area (Å²) < 4.78 is 3.80. The van der Waals surface area contributed by atoms with Gasteiger partial charge in [-0.25, -0.2) is 23.5 Å². The van der Waals surface area contributed by atoms with Crippen LogP contribution in [0, 0.1) is 0 Å². The van der Waals surface area contributed by atoms with Gasteiger partial charge in [0.2, 0.25) is 6.10 Å². The van der Waals surface area contributed by atoms with E-state index in [0.29, 0.717) is 11.3 Å². The normalized spacial score (nSPS) is 19.7. The maximum atomic E-state index is 13.2. The Hall–Kier alpha value is -4.44. The van der Waals surface area contributed by atoms with Gasteiger partial charge in [-0.3, -0.25) is 14.5 Å². The van der Waals surface area contributed by atoms with E-state index >= 15 is 0 Å². The molecule has 16 heteroatoms. The maximum Gasteiger partial charge on any atom is 0.352 e. The number of nitrogen functional groups attached to an aromatic ring is 1. The summed E-state index contributed by atoms with van der Waals surface area (Å²) in [4.78, 5) is 60.3. The number of pyridine rings is 1. The number of anilines is 1. The molecule has 208 valence electrons. The molecule has 0 radical (unpaired) electrons. The molecule has 14 nitrogen and oxygen atoms in total. The number of carboxylic acids is 2. The van der Waals surface area contributed by atoms with E-state index in [1.807, 2.05) is 45.8 Å². The van der Waals surface area contributed by atoms with Crippen molar-refractivity contribution in [2.24, 2.45) is 5.16 Å². The molecule has 1 unspecified atom stereocenters. The van der Waals surface area contributed by atoms with Gasteiger partial charge in [0, 0.05) is 22.8 Å². The summed E-state index contributed by atoms with van der Waals surface area (Å²) in [5.41, 5.74) is 6.68. The van der Waals surface area contributed by atoms with Crippen molar-refractivity contribution in [1.82, 2.24) is 19.6 Å². The molecule has 0 spiro atoms. The van der Waals surface area contributed by atoms with Crippen molar-refractivity contribution in [2.45, 2.75) is 37.4 Å². The number of β-lactam (4-membered cyclic amide) rings is 1. The maximum absolute atomic E-state index is 13.2. The molecule has 0 aromatic carbocycles. The number of carbonyl (C=O) groups is 4. The second-order valence-corrected chi connectivity index (χ2v) is 10.9. The van der Waals surface area contributed by atoms with Crippen molar-refractivity contribution >= 4 is 63.3 Å². The third-order valence-electron chi connectivity index (χ3n) is 6.36. The third kappa shape index (κ3) is 4.98. The van der Waals surface area contributed by atoms with Crippen molar-refractivity contribution in [1.29, 1.82) is 0 Å². The second-order valence-electron chi connectivity index (χ2n) is 8.86. The van der Waals surface area contributed by atoms with Crippen LogP contribution in [-0.2, 0) is 30.6 Å². The summed E-state index contributed by atoms with van der Waals surface area (Å²) in [5, 5.41) is 26.5. The van der Waals surface area contributed by atoms with E-state index in [4.69, 9.17) is 10.6 Å². The van der Waals surface area contributed by atoms with Crippen molar-refractivity contribution < 1.29 is 38.8 Å². The number of rotatable bonds is 10. The molecule has 5 rings (SSSR count). The van der Waals surface area contributed by atoms with Crippen LogP contribution in [0.5, 0.6) is 0 Å². The smallest absolute Gasteiger partial charge is 0.352 e. The monoisotopic (exact) mass is 586 g/mol. The quantitative estimate of drug-likeness (QED) is 0.111. The fraction of sp³-hybridized carbons (Fsp3) is 0.292. The van der Waals surface area contributed by atoms with Crippen LogP contribution in [0.2, 0.25) is 0 Å². The molecule has 2 amide bonds. The predicted octanol–water partition coefficient (Wildman–Crippen LogP) is 0.288. The zero-order valence-corrected chi connectivity index (χ0v) is 22.6. The number of aromatic nitrogens is 3. The number of carboxylic acid groups (broad SMARTS) is 2. The molecule has 0 bridgehead atoms. The third-order valence-corrected chi connectivity index (χ3v) is 8.38. The number of fused-ring (bicyclic) bond motifs is 2. The van der Waals surface area contributed by atoms with Gasteiger partial charge in [-0.15, -0.1) is 23.1 Å². The number of carbonyl (C=O) groups excluding carboxylic acids is 2. The van der Waals surface area contributed by atoms with Gasteiger partial charge >= 0.3 is 11.9 Å². The van der Waals surface area contributed by atoms with E-state index in [1.54, 1.807) is 6.92 Å². The van der Waals surface area contributed by atoms with E-state index < -0.39 is 41.3 Å². The predicted molar refractivity (Wildman–Crippen MR) is 143 cm³/mol. The Labute approximate surface area is 234 Å². The highest BCUT2D eigenvalue weighted by molar-refractivity contribution is 8.00. The number of amides is 2. The van der Waals surface area contributed by atoms with Gasteiger partial charge in [0.1, 0.15) is 41.7 Å². The van der Waals surface area contributed by atoms with Crippen LogP contribution in [0.25, 0.3) is 5.65 Å². The van der Waals surface area contributed by atoms with Crippen molar-refractivity contribution in [2.75, 3.05) is 11.5 Å². The molecule has 3 aromatic heterocycles. The van der Waals surface area contributed by atoms with Gasteiger partial charge in [-0.1, -0.05) is 18.1 Å². The van der Waals surface area contributed by atoms with Crippen molar-refractivity contribution in [3.05, 3.63) is 59.1 Å². The lowest BCUT2D eigenvalue weighted by molar-refractivity contribution is -0.662. The van der Waals surface area contributed by atoms with Crippen LogP contribution in [0.1, 0.15) is 19.0 Å². The molecule has 5 N–H and O–H groups in total. The topological polar surface area (TPSA) is 193 Å². The first kappa shape index (κ1) is 27.1. The molecular weight excluding hydrogens is 562 g/mol. The number of hydrogen-bond acceptors (Lipinski definition) is 10. The Balaban J connectivity index is 1.36.